The summed E-state index contributed by atoms with van der Waals surface area (Å²) >= 11 is 0. The van der Waals surface area contributed by atoms with Crippen molar-refractivity contribution >= 4 is 6.29 Å². The van der Waals surface area contributed by atoms with E-state index in [1.807, 2.05) is 13.8 Å². The van der Waals surface area contributed by atoms with Gasteiger partial charge in [-0.2, -0.15) is 13.2 Å². The normalized spacial score (nSPS) is 17.4. The van der Waals surface area contributed by atoms with E-state index in [9.17, 15) is 26.7 Å². The predicted molar refractivity (Wildman–Crippen MR) is 90.4 cm³/mol. The molecule has 0 unspecified atom stereocenters. The minimum Gasteiger partial charge on any atom is -0.316 e. The first kappa shape index (κ1) is 22.5. The van der Waals surface area contributed by atoms with E-state index >= 15 is 0 Å². The smallest absolute Gasteiger partial charge is 0.316 e. The summed E-state index contributed by atoms with van der Waals surface area (Å²) in [6.07, 6.45) is -4.81. The molecule has 1 fully saturated rings. The zero-order valence-corrected chi connectivity index (χ0v) is 15.2. The number of carbonyl (C=O) groups is 1. The second-order valence-corrected chi connectivity index (χ2v) is 5.99. The Hall–Kier alpha value is -1.54. The van der Waals surface area contributed by atoms with Gasteiger partial charge in [-0.25, -0.2) is 8.78 Å². The Morgan fingerprint density at radius 1 is 1.19 bits per heavy atom. The molecular weight excluding hydrogens is 355 g/mol. The number of halogens is 5. The van der Waals surface area contributed by atoms with Gasteiger partial charge >= 0.3 is 6.18 Å². The van der Waals surface area contributed by atoms with Gasteiger partial charge in [-0.05, 0) is 30.3 Å². The van der Waals surface area contributed by atoms with Crippen molar-refractivity contribution in [3.8, 4) is 0 Å². The molecule has 0 amide bonds. The van der Waals surface area contributed by atoms with E-state index in [0.717, 1.165) is 6.07 Å². The van der Waals surface area contributed by atoms with E-state index in [1.165, 1.54) is 13.1 Å². The minimum atomic E-state index is -4.59. The average molecular weight is 380 g/mol. The summed E-state index contributed by atoms with van der Waals surface area (Å²) in [5.74, 6) is -2.71. The molecule has 1 saturated heterocycles. The second-order valence-electron chi connectivity index (χ2n) is 5.99. The van der Waals surface area contributed by atoms with E-state index in [0.29, 0.717) is 11.8 Å². The van der Waals surface area contributed by atoms with Gasteiger partial charge in [0.15, 0.2) is 0 Å². The van der Waals surface area contributed by atoms with Crippen LogP contribution in [0.3, 0.4) is 0 Å². The van der Waals surface area contributed by atoms with Gasteiger partial charge < -0.3 is 5.32 Å². The lowest BCUT2D eigenvalue weighted by Crippen LogP contribution is -2.38. The lowest BCUT2D eigenvalue weighted by Gasteiger charge is -2.32. The molecule has 1 aromatic rings. The highest BCUT2D eigenvalue weighted by atomic mass is 19.4. The van der Waals surface area contributed by atoms with Crippen molar-refractivity contribution in [1.29, 1.82) is 0 Å². The molecule has 0 aliphatic carbocycles. The highest BCUT2D eigenvalue weighted by Gasteiger charge is 2.36. The molecule has 0 radical (unpaired) electrons. The van der Waals surface area contributed by atoms with Gasteiger partial charge in [0.05, 0.1) is 5.56 Å². The van der Waals surface area contributed by atoms with Crippen LogP contribution >= 0.6 is 0 Å². The van der Waals surface area contributed by atoms with Crippen molar-refractivity contribution in [2.24, 2.45) is 0 Å². The van der Waals surface area contributed by atoms with E-state index in [1.54, 1.807) is 4.90 Å². The Labute approximate surface area is 150 Å². The molecule has 2 rings (SSSR count). The van der Waals surface area contributed by atoms with E-state index in [2.05, 4.69) is 5.32 Å². The third-order valence-electron chi connectivity index (χ3n) is 4.12. The minimum absolute atomic E-state index is 0.0310. The number of nitrogens with one attached hydrogen (secondary N) is 1. The largest absolute Gasteiger partial charge is 0.416 e. The quantitative estimate of drug-likeness (QED) is 0.603. The zero-order chi connectivity index (χ0) is 20.0. The molecule has 0 spiro atoms. The van der Waals surface area contributed by atoms with Crippen molar-refractivity contribution < 1.29 is 26.7 Å². The summed E-state index contributed by atoms with van der Waals surface area (Å²) in [4.78, 5) is 12.9. The average Bonchev–Trinajstić information content (AvgIpc) is 2.58. The molecule has 3 nitrogen and oxygen atoms in total. The number of hydrogen-bond acceptors (Lipinski definition) is 3. The van der Waals surface area contributed by atoms with Gasteiger partial charge in [0.2, 0.25) is 0 Å². The fraction of sp³-hybridized carbons (Fsp3) is 0.611. The van der Waals surface area contributed by atoms with Crippen LogP contribution in [-0.2, 0) is 19.3 Å². The molecule has 1 aliphatic rings. The van der Waals surface area contributed by atoms with Crippen molar-refractivity contribution in [2.45, 2.75) is 51.9 Å². The Balaban J connectivity index is 0.00000163. The number of piperidine rings is 1. The van der Waals surface area contributed by atoms with Crippen molar-refractivity contribution in [2.75, 3.05) is 20.1 Å². The van der Waals surface area contributed by atoms with Gasteiger partial charge in [0.25, 0.3) is 5.92 Å². The monoisotopic (exact) mass is 380 g/mol. The number of aldehydes is 1. The van der Waals surface area contributed by atoms with Crippen molar-refractivity contribution in [3.05, 3.63) is 34.4 Å². The summed E-state index contributed by atoms with van der Waals surface area (Å²) in [5.41, 5.74) is -0.696. The van der Waals surface area contributed by atoms with Crippen LogP contribution in [0.2, 0.25) is 0 Å². The Kier molecular flexibility index (Phi) is 8.15. The van der Waals surface area contributed by atoms with Crippen molar-refractivity contribution in [3.63, 3.8) is 0 Å². The van der Waals surface area contributed by atoms with Crippen molar-refractivity contribution in [1.82, 2.24) is 10.2 Å². The standard InChI is InChI=1S/C16H19F5N2O.C2H6/c1-22-8-13-12(10-24)6-11(7-14(13)16(19,20)21)9-23-4-2-15(17,18)3-5-23;1-2/h6-7,10,22H,2-5,8-9H2,1H3;1-2H3. The Morgan fingerprint density at radius 3 is 2.23 bits per heavy atom. The summed E-state index contributed by atoms with van der Waals surface area (Å²) in [7, 11) is 1.50. The van der Waals surface area contributed by atoms with Gasteiger partial charge in [0.1, 0.15) is 6.29 Å². The SMILES string of the molecule is CC.CNCc1c(C=O)cc(CN2CCC(F)(F)CC2)cc1C(F)(F)F. The van der Waals surface area contributed by atoms with Crippen LogP contribution in [0.1, 0.15) is 53.7 Å². The van der Waals surface area contributed by atoms with E-state index in [-0.39, 0.29) is 50.1 Å². The van der Waals surface area contributed by atoms with Crippen LogP contribution in [0, 0.1) is 0 Å². The Morgan fingerprint density at radius 2 is 1.77 bits per heavy atom. The van der Waals surface area contributed by atoms with Gasteiger partial charge in [-0.1, -0.05) is 13.8 Å². The number of carbonyl (C=O) groups excluding carboxylic acids is 1. The highest BCUT2D eigenvalue weighted by molar-refractivity contribution is 5.78. The fourth-order valence-electron chi connectivity index (χ4n) is 2.88. The number of likely N-dealkylation sites (tertiary alicyclic amines) is 1. The maximum atomic E-state index is 13.3. The molecule has 1 aromatic carbocycles. The number of nitrogens with zero attached hydrogens (tertiary/aromatic N) is 1. The zero-order valence-electron chi connectivity index (χ0n) is 15.2. The molecule has 0 bridgehead atoms. The number of rotatable bonds is 5. The number of alkyl halides is 5. The van der Waals surface area contributed by atoms with Crippen LogP contribution in [0.25, 0.3) is 0 Å². The molecule has 0 atom stereocenters. The van der Waals surface area contributed by atoms with Gasteiger partial charge in [-0.3, -0.25) is 9.69 Å². The maximum Gasteiger partial charge on any atom is 0.416 e. The molecule has 0 aromatic heterocycles. The second kappa shape index (κ2) is 9.41. The molecule has 1 heterocycles. The van der Waals surface area contributed by atoms with Crippen LogP contribution in [0.5, 0.6) is 0 Å². The molecular formula is C18H25F5N2O. The lowest BCUT2D eigenvalue weighted by molar-refractivity contribution is -0.138. The first-order valence-electron chi connectivity index (χ1n) is 8.59. The van der Waals surface area contributed by atoms with Crippen LogP contribution in [-0.4, -0.2) is 37.2 Å². The van der Waals surface area contributed by atoms with Gasteiger partial charge in [0, 0.05) is 44.6 Å². The number of benzene rings is 1. The highest BCUT2D eigenvalue weighted by Crippen LogP contribution is 2.35. The molecule has 0 saturated carbocycles. The lowest BCUT2D eigenvalue weighted by atomic mass is 9.96. The molecule has 26 heavy (non-hydrogen) atoms. The van der Waals surface area contributed by atoms with Crippen LogP contribution in [0.15, 0.2) is 12.1 Å². The summed E-state index contributed by atoms with van der Waals surface area (Å²) in [5, 5.41) is 2.63. The molecule has 148 valence electrons. The maximum absolute atomic E-state index is 13.3. The van der Waals surface area contributed by atoms with Crippen LogP contribution in [0.4, 0.5) is 22.0 Å². The number of hydrogen-bond donors (Lipinski definition) is 1. The summed E-state index contributed by atoms with van der Waals surface area (Å²) in [6, 6.07) is 2.41. The third-order valence-corrected chi connectivity index (χ3v) is 4.12. The van der Waals surface area contributed by atoms with E-state index < -0.39 is 17.7 Å². The summed E-state index contributed by atoms with van der Waals surface area (Å²) < 4.78 is 66.2. The fourth-order valence-corrected chi connectivity index (χ4v) is 2.88. The first-order valence-corrected chi connectivity index (χ1v) is 8.59. The van der Waals surface area contributed by atoms with E-state index in [4.69, 9.17) is 0 Å². The predicted octanol–water partition coefficient (Wildman–Crippen LogP) is 4.49. The molecule has 1 aliphatic heterocycles. The van der Waals surface area contributed by atoms with Crippen LogP contribution < -0.4 is 5.32 Å². The Bertz CT molecular complexity index is 592. The first-order chi connectivity index (χ1) is 12.2. The van der Waals surface area contributed by atoms with Gasteiger partial charge in [-0.15, -0.1) is 0 Å². The summed E-state index contributed by atoms with van der Waals surface area (Å²) in [6.45, 7) is 4.26. The molecule has 8 heteroatoms. The third kappa shape index (κ3) is 6.02. The topological polar surface area (TPSA) is 32.3 Å². The molecule has 1 N–H and O–H groups in total.